The molecule has 18 heavy (non-hydrogen) atoms. The van der Waals surface area contributed by atoms with E-state index >= 15 is 0 Å². The molecule has 4 nitrogen and oxygen atoms in total. The third-order valence-electron chi connectivity index (χ3n) is 4.73. The summed E-state index contributed by atoms with van der Waals surface area (Å²) in [5, 5.41) is 0.143. The predicted octanol–water partition coefficient (Wildman–Crippen LogP) is 1.34. The van der Waals surface area contributed by atoms with Crippen molar-refractivity contribution < 1.29 is 9.59 Å². The highest BCUT2D eigenvalue weighted by molar-refractivity contribution is 7.99. The maximum atomic E-state index is 12.7. The van der Waals surface area contributed by atoms with Gasteiger partial charge in [0.05, 0.1) is 10.8 Å². The van der Waals surface area contributed by atoms with E-state index in [2.05, 4.69) is 0 Å². The minimum Gasteiger partial charge on any atom is -0.368 e. The minimum atomic E-state index is -0.432. The first-order chi connectivity index (χ1) is 8.37. The van der Waals surface area contributed by atoms with Gasteiger partial charge in [0.25, 0.3) is 0 Å². The van der Waals surface area contributed by atoms with Crippen LogP contribution in [-0.4, -0.2) is 33.9 Å². The lowest BCUT2D eigenvalue weighted by Crippen LogP contribution is -2.52. The SMILES string of the molecule is CC1(C)CC2SCCC3(CC3)C(=O)N2[C@@H]1C(N)=O. The molecule has 2 atom stereocenters. The van der Waals surface area contributed by atoms with Crippen LogP contribution in [0, 0.1) is 10.8 Å². The zero-order valence-corrected chi connectivity index (χ0v) is 11.8. The van der Waals surface area contributed by atoms with E-state index in [1.165, 1.54) is 0 Å². The number of nitrogens with two attached hydrogens (primary N) is 1. The second-order valence-electron chi connectivity index (χ2n) is 6.57. The van der Waals surface area contributed by atoms with E-state index in [4.69, 9.17) is 5.73 Å². The van der Waals surface area contributed by atoms with Gasteiger partial charge in [0.1, 0.15) is 6.04 Å². The van der Waals surface area contributed by atoms with E-state index in [9.17, 15) is 9.59 Å². The average Bonchev–Trinajstić information content (AvgIpc) is 2.98. The largest absolute Gasteiger partial charge is 0.368 e. The van der Waals surface area contributed by atoms with Crippen molar-refractivity contribution in [1.82, 2.24) is 4.90 Å². The van der Waals surface area contributed by atoms with Gasteiger partial charge in [-0.1, -0.05) is 13.8 Å². The molecule has 0 bridgehead atoms. The van der Waals surface area contributed by atoms with E-state index in [1.807, 2.05) is 30.5 Å². The fourth-order valence-corrected chi connectivity index (χ4v) is 5.20. The monoisotopic (exact) mass is 268 g/mol. The van der Waals surface area contributed by atoms with Gasteiger partial charge in [-0.25, -0.2) is 0 Å². The van der Waals surface area contributed by atoms with Crippen molar-refractivity contribution in [3.05, 3.63) is 0 Å². The van der Waals surface area contributed by atoms with Crippen LogP contribution in [0.25, 0.3) is 0 Å². The van der Waals surface area contributed by atoms with Crippen LogP contribution in [0.1, 0.15) is 39.5 Å². The summed E-state index contributed by atoms with van der Waals surface area (Å²) in [4.78, 5) is 26.3. The molecule has 0 aromatic heterocycles. The number of thioether (sulfide) groups is 1. The zero-order valence-electron chi connectivity index (χ0n) is 10.9. The molecule has 2 aliphatic heterocycles. The Morgan fingerprint density at radius 2 is 2.06 bits per heavy atom. The van der Waals surface area contributed by atoms with Crippen LogP contribution in [0.4, 0.5) is 0 Å². The number of amides is 2. The van der Waals surface area contributed by atoms with Crippen LogP contribution in [-0.2, 0) is 9.59 Å². The van der Waals surface area contributed by atoms with Gasteiger partial charge in [-0.05, 0) is 36.9 Å². The summed E-state index contributed by atoms with van der Waals surface area (Å²) in [6.07, 6.45) is 3.81. The third-order valence-corrected chi connectivity index (χ3v) is 5.95. The fraction of sp³-hybridized carbons (Fsp3) is 0.846. The molecule has 3 aliphatic rings. The van der Waals surface area contributed by atoms with Crippen molar-refractivity contribution in [1.29, 1.82) is 0 Å². The lowest BCUT2D eigenvalue weighted by Gasteiger charge is -2.32. The Bertz CT molecular complexity index is 417. The summed E-state index contributed by atoms with van der Waals surface area (Å²) in [6, 6.07) is -0.432. The van der Waals surface area contributed by atoms with Crippen LogP contribution in [0.15, 0.2) is 0 Å². The van der Waals surface area contributed by atoms with Gasteiger partial charge in [0.2, 0.25) is 11.8 Å². The Labute approximate surface area is 112 Å². The van der Waals surface area contributed by atoms with Gasteiger partial charge in [0, 0.05) is 0 Å². The number of primary amides is 1. The third kappa shape index (κ3) is 1.59. The molecule has 0 aromatic carbocycles. The minimum absolute atomic E-state index is 0.143. The normalized spacial score (nSPS) is 36.3. The molecular formula is C13H20N2O2S. The smallest absolute Gasteiger partial charge is 0.240 e. The molecule has 1 aliphatic carbocycles. The van der Waals surface area contributed by atoms with Crippen LogP contribution in [0.5, 0.6) is 0 Å². The van der Waals surface area contributed by atoms with Crippen molar-refractivity contribution >= 4 is 23.6 Å². The Hall–Kier alpha value is -0.710. The standard InChI is InChI=1S/C13H20N2O2S/c1-12(2)7-8-15(9(12)10(14)16)11(17)13(3-4-13)5-6-18-8/h8-9H,3-7H2,1-2H3,(H2,14,16)/t8?,9-/m1/s1. The summed E-state index contributed by atoms with van der Waals surface area (Å²) >= 11 is 1.82. The number of carbonyl (C=O) groups excluding carboxylic acids is 2. The summed E-state index contributed by atoms with van der Waals surface area (Å²) in [6.45, 7) is 4.09. The maximum Gasteiger partial charge on any atom is 0.240 e. The van der Waals surface area contributed by atoms with E-state index in [0.29, 0.717) is 0 Å². The molecular weight excluding hydrogens is 248 g/mol. The molecule has 2 saturated heterocycles. The van der Waals surface area contributed by atoms with E-state index in [-0.39, 0.29) is 28.0 Å². The first-order valence-electron chi connectivity index (χ1n) is 6.61. The van der Waals surface area contributed by atoms with E-state index in [0.717, 1.165) is 31.4 Å². The molecule has 2 N–H and O–H groups in total. The molecule has 1 unspecified atom stereocenters. The molecule has 2 heterocycles. The number of nitrogens with zero attached hydrogens (tertiary/aromatic N) is 1. The zero-order chi connectivity index (χ0) is 13.1. The van der Waals surface area contributed by atoms with Crippen LogP contribution in [0.3, 0.4) is 0 Å². The molecule has 1 spiro atoms. The quantitative estimate of drug-likeness (QED) is 0.780. The van der Waals surface area contributed by atoms with E-state index < -0.39 is 6.04 Å². The molecule has 5 heteroatoms. The highest BCUT2D eigenvalue weighted by Crippen LogP contribution is 2.57. The van der Waals surface area contributed by atoms with Crippen molar-refractivity contribution in [3.63, 3.8) is 0 Å². The molecule has 0 radical (unpaired) electrons. The van der Waals surface area contributed by atoms with Gasteiger partial charge >= 0.3 is 0 Å². The molecule has 0 aromatic rings. The maximum absolute atomic E-state index is 12.7. The number of hydrogen-bond donors (Lipinski definition) is 1. The summed E-state index contributed by atoms with van der Waals surface area (Å²) < 4.78 is 0. The second-order valence-corrected chi connectivity index (χ2v) is 7.85. The number of carbonyl (C=O) groups is 2. The van der Waals surface area contributed by atoms with Crippen molar-refractivity contribution in [2.45, 2.75) is 50.9 Å². The highest BCUT2D eigenvalue weighted by atomic mass is 32.2. The number of rotatable bonds is 1. The van der Waals surface area contributed by atoms with Crippen molar-refractivity contribution in [2.24, 2.45) is 16.6 Å². The molecule has 2 amide bonds. The average molecular weight is 268 g/mol. The number of hydrogen-bond acceptors (Lipinski definition) is 3. The topological polar surface area (TPSA) is 63.4 Å². The predicted molar refractivity (Wildman–Crippen MR) is 70.8 cm³/mol. The second kappa shape index (κ2) is 3.65. The van der Waals surface area contributed by atoms with Crippen molar-refractivity contribution in [3.8, 4) is 0 Å². The Kier molecular flexibility index (Phi) is 2.50. The first kappa shape index (κ1) is 12.3. The summed E-state index contributed by atoms with van der Waals surface area (Å²) in [7, 11) is 0. The molecule has 100 valence electrons. The Balaban J connectivity index is 1.99. The van der Waals surface area contributed by atoms with E-state index in [1.54, 1.807) is 0 Å². The van der Waals surface area contributed by atoms with Gasteiger partial charge in [0.15, 0.2) is 0 Å². The molecule has 3 fully saturated rings. The van der Waals surface area contributed by atoms with Crippen LogP contribution >= 0.6 is 11.8 Å². The van der Waals surface area contributed by atoms with Gasteiger partial charge in [-0.3, -0.25) is 9.59 Å². The Morgan fingerprint density at radius 1 is 1.39 bits per heavy atom. The molecule has 3 rings (SSSR count). The highest BCUT2D eigenvalue weighted by Gasteiger charge is 2.60. The van der Waals surface area contributed by atoms with Gasteiger partial charge < -0.3 is 10.6 Å². The van der Waals surface area contributed by atoms with Gasteiger partial charge in [-0.2, -0.15) is 0 Å². The Morgan fingerprint density at radius 3 is 2.61 bits per heavy atom. The van der Waals surface area contributed by atoms with Gasteiger partial charge in [-0.15, -0.1) is 11.8 Å². The first-order valence-corrected chi connectivity index (χ1v) is 7.66. The summed E-state index contributed by atoms with van der Waals surface area (Å²) in [5.41, 5.74) is 5.22. The van der Waals surface area contributed by atoms with Crippen molar-refractivity contribution in [2.75, 3.05) is 5.75 Å². The lowest BCUT2D eigenvalue weighted by molar-refractivity contribution is -0.144. The fourth-order valence-electron chi connectivity index (χ4n) is 3.50. The van der Waals surface area contributed by atoms with Crippen LogP contribution in [0.2, 0.25) is 0 Å². The lowest BCUT2D eigenvalue weighted by atomic mass is 9.84. The molecule has 1 saturated carbocycles. The van der Waals surface area contributed by atoms with Crippen LogP contribution < -0.4 is 5.73 Å². The number of fused-ring (bicyclic) bond motifs is 1. The summed E-state index contributed by atoms with van der Waals surface area (Å²) in [5.74, 6) is 0.857.